The summed E-state index contributed by atoms with van der Waals surface area (Å²) >= 11 is 0. The zero-order valence-electron chi connectivity index (χ0n) is 12.3. The molecule has 22 heavy (non-hydrogen) atoms. The lowest BCUT2D eigenvalue weighted by Gasteiger charge is -2.03. The Balaban J connectivity index is 1.91. The standard InChI is InChI=1S/C19H15N3/c1-14-20-19(16-10-6-3-7-11-16)18-13-12-17(21-22(14)18)15-8-4-2-5-9-15/h2-13H,1H3. The number of rotatable bonds is 2. The van der Waals surface area contributed by atoms with E-state index < -0.39 is 0 Å². The Labute approximate surface area is 128 Å². The SMILES string of the molecule is Cc1nc(-c2ccccc2)c2ccc(-c3ccccc3)nn12. The molecule has 0 radical (unpaired) electrons. The Morgan fingerprint density at radius 2 is 1.36 bits per heavy atom. The molecule has 0 aliphatic rings. The van der Waals surface area contributed by atoms with Gasteiger partial charge in [-0.15, -0.1) is 0 Å². The first-order valence-electron chi connectivity index (χ1n) is 7.30. The smallest absolute Gasteiger partial charge is 0.128 e. The van der Waals surface area contributed by atoms with E-state index in [9.17, 15) is 0 Å². The Hall–Kier alpha value is -2.94. The van der Waals surface area contributed by atoms with Crippen LogP contribution in [0.1, 0.15) is 5.82 Å². The van der Waals surface area contributed by atoms with Gasteiger partial charge in [0, 0.05) is 11.1 Å². The van der Waals surface area contributed by atoms with Crippen molar-refractivity contribution in [2.24, 2.45) is 0 Å². The molecular formula is C19H15N3. The van der Waals surface area contributed by atoms with Gasteiger partial charge < -0.3 is 0 Å². The summed E-state index contributed by atoms with van der Waals surface area (Å²) in [6.45, 7) is 1.99. The molecule has 4 aromatic rings. The van der Waals surface area contributed by atoms with Crippen molar-refractivity contribution in [2.75, 3.05) is 0 Å². The minimum Gasteiger partial charge on any atom is -0.231 e. The molecule has 0 saturated carbocycles. The fourth-order valence-electron chi connectivity index (χ4n) is 2.69. The molecular weight excluding hydrogens is 270 g/mol. The zero-order valence-corrected chi connectivity index (χ0v) is 12.3. The number of benzene rings is 2. The second-order valence-corrected chi connectivity index (χ2v) is 5.26. The van der Waals surface area contributed by atoms with Gasteiger partial charge in [0.05, 0.1) is 16.9 Å². The van der Waals surface area contributed by atoms with Crippen LogP contribution in [0.4, 0.5) is 0 Å². The number of hydrogen-bond acceptors (Lipinski definition) is 2. The lowest BCUT2D eigenvalue weighted by Crippen LogP contribution is -1.96. The van der Waals surface area contributed by atoms with Crippen LogP contribution in [0, 0.1) is 6.92 Å². The minimum absolute atomic E-state index is 0.895. The number of fused-ring (bicyclic) bond motifs is 1. The molecule has 0 fully saturated rings. The van der Waals surface area contributed by atoms with Gasteiger partial charge in [-0.3, -0.25) is 0 Å². The zero-order chi connectivity index (χ0) is 14.9. The van der Waals surface area contributed by atoms with Gasteiger partial charge in [0.25, 0.3) is 0 Å². The van der Waals surface area contributed by atoms with Crippen LogP contribution in [0.2, 0.25) is 0 Å². The van der Waals surface area contributed by atoms with Crippen LogP contribution in [0.3, 0.4) is 0 Å². The predicted molar refractivity (Wildman–Crippen MR) is 88.6 cm³/mol. The molecule has 2 heterocycles. The molecule has 3 heteroatoms. The summed E-state index contributed by atoms with van der Waals surface area (Å²) in [7, 11) is 0. The molecule has 0 atom stereocenters. The van der Waals surface area contributed by atoms with Crippen molar-refractivity contribution in [3.8, 4) is 22.5 Å². The number of nitrogens with zero attached hydrogens (tertiary/aromatic N) is 3. The summed E-state index contributed by atoms with van der Waals surface area (Å²) in [5, 5.41) is 4.75. The first-order chi connectivity index (χ1) is 10.8. The molecule has 2 aromatic heterocycles. The Bertz CT molecular complexity index is 925. The van der Waals surface area contributed by atoms with Crippen molar-refractivity contribution in [3.63, 3.8) is 0 Å². The molecule has 0 bridgehead atoms. The van der Waals surface area contributed by atoms with Crippen LogP contribution in [-0.4, -0.2) is 14.6 Å². The maximum absolute atomic E-state index is 4.75. The molecule has 0 N–H and O–H groups in total. The third-order valence-electron chi connectivity index (χ3n) is 3.77. The topological polar surface area (TPSA) is 30.2 Å². The molecule has 0 aliphatic heterocycles. The largest absolute Gasteiger partial charge is 0.231 e. The van der Waals surface area contributed by atoms with Gasteiger partial charge in [0.15, 0.2) is 0 Å². The van der Waals surface area contributed by atoms with Crippen LogP contribution in [0.25, 0.3) is 28.0 Å². The van der Waals surface area contributed by atoms with E-state index in [1.165, 1.54) is 0 Å². The van der Waals surface area contributed by atoms with E-state index in [2.05, 4.69) is 36.4 Å². The highest BCUT2D eigenvalue weighted by molar-refractivity contribution is 5.78. The molecule has 2 aromatic carbocycles. The van der Waals surface area contributed by atoms with E-state index in [0.717, 1.165) is 33.9 Å². The van der Waals surface area contributed by atoms with Crippen molar-refractivity contribution in [2.45, 2.75) is 6.92 Å². The summed E-state index contributed by atoms with van der Waals surface area (Å²) in [5.41, 5.74) is 5.18. The maximum Gasteiger partial charge on any atom is 0.128 e. The van der Waals surface area contributed by atoms with Crippen LogP contribution in [0.15, 0.2) is 72.8 Å². The van der Waals surface area contributed by atoms with E-state index in [4.69, 9.17) is 10.1 Å². The highest BCUT2D eigenvalue weighted by atomic mass is 15.3. The van der Waals surface area contributed by atoms with E-state index >= 15 is 0 Å². The molecule has 0 amide bonds. The molecule has 3 nitrogen and oxygen atoms in total. The van der Waals surface area contributed by atoms with Crippen LogP contribution < -0.4 is 0 Å². The normalized spacial score (nSPS) is 11.0. The van der Waals surface area contributed by atoms with Crippen molar-refractivity contribution in [3.05, 3.63) is 78.6 Å². The molecule has 0 unspecified atom stereocenters. The van der Waals surface area contributed by atoms with Crippen molar-refractivity contribution >= 4 is 5.52 Å². The molecule has 0 saturated heterocycles. The predicted octanol–water partition coefficient (Wildman–Crippen LogP) is 4.37. The van der Waals surface area contributed by atoms with Gasteiger partial charge >= 0.3 is 0 Å². The number of aromatic nitrogens is 3. The second kappa shape index (κ2) is 5.11. The van der Waals surface area contributed by atoms with E-state index in [1.807, 2.05) is 47.8 Å². The number of aryl methyl sites for hydroxylation is 1. The average molecular weight is 285 g/mol. The Morgan fingerprint density at radius 3 is 2.05 bits per heavy atom. The second-order valence-electron chi connectivity index (χ2n) is 5.26. The quantitative estimate of drug-likeness (QED) is 0.547. The van der Waals surface area contributed by atoms with E-state index in [0.29, 0.717) is 0 Å². The van der Waals surface area contributed by atoms with Crippen LogP contribution in [0.5, 0.6) is 0 Å². The van der Waals surface area contributed by atoms with Crippen molar-refractivity contribution in [1.82, 2.24) is 14.6 Å². The Kier molecular flexibility index (Phi) is 2.97. The van der Waals surface area contributed by atoms with Gasteiger partial charge in [0.1, 0.15) is 5.82 Å². The highest BCUT2D eigenvalue weighted by Gasteiger charge is 2.12. The summed E-state index contributed by atoms with van der Waals surface area (Å²) in [5.74, 6) is 0.895. The molecule has 4 rings (SSSR count). The summed E-state index contributed by atoms with van der Waals surface area (Å²) in [6.07, 6.45) is 0. The molecule has 0 aliphatic carbocycles. The summed E-state index contributed by atoms with van der Waals surface area (Å²) in [6, 6.07) is 24.6. The maximum atomic E-state index is 4.75. The third-order valence-corrected chi connectivity index (χ3v) is 3.77. The first kappa shape index (κ1) is 12.8. The minimum atomic E-state index is 0.895. The number of hydrogen-bond donors (Lipinski definition) is 0. The average Bonchev–Trinajstić information content (AvgIpc) is 2.93. The first-order valence-corrected chi connectivity index (χ1v) is 7.30. The monoisotopic (exact) mass is 285 g/mol. The van der Waals surface area contributed by atoms with Gasteiger partial charge in [-0.2, -0.15) is 5.10 Å². The van der Waals surface area contributed by atoms with E-state index in [1.54, 1.807) is 0 Å². The van der Waals surface area contributed by atoms with Gasteiger partial charge in [-0.1, -0.05) is 60.7 Å². The molecule has 0 spiro atoms. The lowest BCUT2D eigenvalue weighted by molar-refractivity contribution is 0.882. The molecule has 106 valence electrons. The lowest BCUT2D eigenvalue weighted by atomic mass is 10.1. The summed E-state index contributed by atoms with van der Waals surface area (Å²) < 4.78 is 1.92. The van der Waals surface area contributed by atoms with Gasteiger partial charge in [-0.25, -0.2) is 9.50 Å². The van der Waals surface area contributed by atoms with Crippen molar-refractivity contribution in [1.29, 1.82) is 0 Å². The highest BCUT2D eigenvalue weighted by Crippen LogP contribution is 2.26. The van der Waals surface area contributed by atoms with Crippen molar-refractivity contribution < 1.29 is 0 Å². The van der Waals surface area contributed by atoms with Crippen LogP contribution in [-0.2, 0) is 0 Å². The van der Waals surface area contributed by atoms with Gasteiger partial charge in [-0.05, 0) is 19.1 Å². The fourth-order valence-corrected chi connectivity index (χ4v) is 2.69. The third kappa shape index (κ3) is 2.07. The van der Waals surface area contributed by atoms with E-state index in [-0.39, 0.29) is 0 Å². The number of imidazole rings is 1. The van der Waals surface area contributed by atoms with Gasteiger partial charge in [0.2, 0.25) is 0 Å². The van der Waals surface area contributed by atoms with Crippen LogP contribution >= 0.6 is 0 Å². The Morgan fingerprint density at radius 1 is 0.727 bits per heavy atom. The summed E-state index contributed by atoms with van der Waals surface area (Å²) in [4.78, 5) is 4.70. The fraction of sp³-hybridized carbons (Fsp3) is 0.0526.